The molecule has 2 heterocycles. The topological polar surface area (TPSA) is 40.6 Å². The molecule has 2 aliphatic rings. The molecule has 0 spiro atoms. The number of rotatable bonds is 6. The summed E-state index contributed by atoms with van der Waals surface area (Å²) in [6, 6.07) is 13.0. The number of benzene rings is 2. The average molecular weight is 473 g/mol. The van der Waals surface area contributed by atoms with Gasteiger partial charge in [-0.1, -0.05) is 24.3 Å². The van der Waals surface area contributed by atoms with E-state index in [1.165, 1.54) is 23.3 Å². The van der Waals surface area contributed by atoms with Crippen LogP contribution in [0.2, 0.25) is 0 Å². The van der Waals surface area contributed by atoms with Crippen molar-refractivity contribution in [1.82, 2.24) is 9.80 Å². The maximum Gasteiger partial charge on any atom is 0.219 e. The summed E-state index contributed by atoms with van der Waals surface area (Å²) in [5.41, 5.74) is 4.50. The Morgan fingerprint density at radius 1 is 1.00 bits per heavy atom. The normalized spacial score (nSPS) is 17.1. The minimum atomic E-state index is -0.206. The van der Waals surface area contributed by atoms with Gasteiger partial charge in [0.05, 0.1) is 0 Å². The zero-order valence-electron chi connectivity index (χ0n) is 19.4. The van der Waals surface area contributed by atoms with Crippen molar-refractivity contribution in [3.05, 3.63) is 70.5 Å². The highest BCUT2D eigenvalue weighted by molar-refractivity contribution is 5.96. The van der Waals surface area contributed by atoms with Gasteiger partial charge in [-0.2, -0.15) is 0 Å². The number of fused-ring (bicyclic) bond motifs is 1. The molecule has 0 atom stereocenters. The molecule has 1 fully saturated rings. The maximum atomic E-state index is 13.2. The highest BCUT2D eigenvalue weighted by atomic mass is 35.5. The molecule has 4 nitrogen and oxygen atoms in total. The summed E-state index contributed by atoms with van der Waals surface area (Å²) in [4.78, 5) is 28.7. The number of hydrogen-bond acceptors (Lipinski definition) is 3. The third-order valence-corrected chi connectivity index (χ3v) is 7.00. The van der Waals surface area contributed by atoms with Crippen molar-refractivity contribution >= 4 is 24.1 Å². The molecule has 178 valence electrons. The first-order valence-electron chi connectivity index (χ1n) is 11.9. The summed E-state index contributed by atoms with van der Waals surface area (Å²) in [5.74, 6) is 0.693. The number of carbonyl (C=O) groups excluding carboxylic acids is 2. The van der Waals surface area contributed by atoms with Gasteiger partial charge in [0, 0.05) is 45.1 Å². The fraction of sp³-hybridized carbons (Fsp3) is 0.481. The van der Waals surface area contributed by atoms with Crippen molar-refractivity contribution in [2.45, 2.75) is 58.5 Å². The second-order valence-electron chi connectivity index (χ2n) is 9.34. The number of hydrogen-bond donors (Lipinski definition) is 0. The van der Waals surface area contributed by atoms with Crippen LogP contribution in [0.1, 0.15) is 66.1 Å². The third-order valence-electron chi connectivity index (χ3n) is 7.00. The molecule has 0 aliphatic carbocycles. The molecule has 2 aromatic rings. The lowest BCUT2D eigenvalue weighted by atomic mass is 9.89. The fourth-order valence-corrected chi connectivity index (χ4v) is 5.00. The van der Waals surface area contributed by atoms with E-state index in [-0.39, 0.29) is 29.9 Å². The van der Waals surface area contributed by atoms with E-state index in [0.717, 1.165) is 76.0 Å². The lowest BCUT2D eigenvalue weighted by Gasteiger charge is -2.31. The predicted molar refractivity (Wildman–Crippen MR) is 131 cm³/mol. The summed E-state index contributed by atoms with van der Waals surface area (Å²) >= 11 is 0. The molecule has 4 rings (SSSR count). The van der Waals surface area contributed by atoms with Gasteiger partial charge in [-0.05, 0) is 79.5 Å². The number of amides is 1. The Morgan fingerprint density at radius 3 is 2.42 bits per heavy atom. The van der Waals surface area contributed by atoms with Crippen LogP contribution in [0, 0.1) is 11.7 Å². The molecular formula is C27H34ClFN2O2. The Morgan fingerprint density at radius 2 is 1.73 bits per heavy atom. The summed E-state index contributed by atoms with van der Waals surface area (Å²) in [5, 5.41) is 0. The number of Topliss-reactive ketones (excluding diaryl/α,β-unsaturated/α-hetero) is 1. The van der Waals surface area contributed by atoms with Gasteiger partial charge < -0.3 is 4.90 Å². The van der Waals surface area contributed by atoms with Gasteiger partial charge in [0.2, 0.25) is 5.91 Å². The van der Waals surface area contributed by atoms with Crippen LogP contribution in [0.25, 0.3) is 0 Å². The summed E-state index contributed by atoms with van der Waals surface area (Å²) < 4.78 is 13.2. The van der Waals surface area contributed by atoms with E-state index in [1.807, 2.05) is 23.1 Å². The van der Waals surface area contributed by atoms with Crippen LogP contribution in [-0.2, 0) is 24.3 Å². The van der Waals surface area contributed by atoms with Crippen molar-refractivity contribution < 1.29 is 14.0 Å². The zero-order chi connectivity index (χ0) is 22.5. The van der Waals surface area contributed by atoms with Crippen LogP contribution in [0.15, 0.2) is 42.5 Å². The summed E-state index contributed by atoms with van der Waals surface area (Å²) in [6.45, 7) is 5.86. The van der Waals surface area contributed by atoms with E-state index in [4.69, 9.17) is 0 Å². The number of halogens is 2. The van der Waals surface area contributed by atoms with Crippen LogP contribution < -0.4 is 0 Å². The predicted octanol–water partition coefficient (Wildman–Crippen LogP) is 5.42. The lowest BCUT2D eigenvalue weighted by molar-refractivity contribution is -0.130. The van der Waals surface area contributed by atoms with Crippen LogP contribution in [0.3, 0.4) is 0 Å². The number of ketones is 1. The lowest BCUT2D eigenvalue weighted by Crippen LogP contribution is -2.37. The number of piperidine rings is 1. The van der Waals surface area contributed by atoms with E-state index in [1.54, 1.807) is 6.92 Å². The molecule has 33 heavy (non-hydrogen) atoms. The molecule has 2 aliphatic heterocycles. The highest BCUT2D eigenvalue weighted by Gasteiger charge is 2.22. The van der Waals surface area contributed by atoms with E-state index >= 15 is 0 Å². The van der Waals surface area contributed by atoms with Gasteiger partial charge in [0.15, 0.2) is 5.78 Å². The second kappa shape index (κ2) is 11.8. The van der Waals surface area contributed by atoms with Crippen molar-refractivity contribution in [3.8, 4) is 0 Å². The first-order valence-corrected chi connectivity index (χ1v) is 11.9. The Kier molecular flexibility index (Phi) is 9.04. The van der Waals surface area contributed by atoms with Crippen LogP contribution >= 0.6 is 12.4 Å². The minimum absolute atomic E-state index is 0. The average Bonchev–Trinajstić information content (AvgIpc) is 3.00. The van der Waals surface area contributed by atoms with Gasteiger partial charge in [0.1, 0.15) is 5.82 Å². The summed E-state index contributed by atoms with van der Waals surface area (Å²) in [6.07, 6.45) is 5.57. The van der Waals surface area contributed by atoms with E-state index in [9.17, 15) is 14.0 Å². The minimum Gasteiger partial charge on any atom is -0.343 e. The van der Waals surface area contributed by atoms with Gasteiger partial charge in [-0.15, -0.1) is 12.4 Å². The number of likely N-dealkylation sites (tertiary alicyclic amines) is 1. The molecule has 6 heteroatoms. The second-order valence-corrected chi connectivity index (χ2v) is 9.34. The molecule has 0 bridgehead atoms. The van der Waals surface area contributed by atoms with Gasteiger partial charge in [0.25, 0.3) is 0 Å². The molecule has 0 N–H and O–H groups in total. The van der Waals surface area contributed by atoms with Gasteiger partial charge in [-0.25, -0.2) is 4.39 Å². The Bertz CT molecular complexity index is 955. The van der Waals surface area contributed by atoms with E-state index < -0.39 is 0 Å². The first-order chi connectivity index (χ1) is 15.5. The Hall–Kier alpha value is -2.24. The van der Waals surface area contributed by atoms with Crippen LogP contribution in [0.4, 0.5) is 4.39 Å². The molecule has 0 aromatic heterocycles. The molecule has 2 aromatic carbocycles. The molecule has 1 amide bonds. The third kappa shape index (κ3) is 6.87. The SMILES string of the molecule is CC(=O)N1CCC(CCC(=O)c2ccc3c(c2)CN(Cc2ccc(F)cc2)CCC3)CC1.Cl. The summed E-state index contributed by atoms with van der Waals surface area (Å²) in [7, 11) is 0. The highest BCUT2D eigenvalue weighted by Crippen LogP contribution is 2.25. The van der Waals surface area contributed by atoms with Gasteiger partial charge >= 0.3 is 0 Å². The quantitative estimate of drug-likeness (QED) is 0.527. The number of nitrogens with zero attached hydrogens (tertiary/aromatic N) is 2. The zero-order valence-corrected chi connectivity index (χ0v) is 20.2. The Labute approximate surface area is 202 Å². The largest absolute Gasteiger partial charge is 0.343 e. The number of carbonyl (C=O) groups is 2. The van der Waals surface area contributed by atoms with Crippen molar-refractivity contribution in [1.29, 1.82) is 0 Å². The van der Waals surface area contributed by atoms with Crippen LogP contribution in [0.5, 0.6) is 0 Å². The van der Waals surface area contributed by atoms with Crippen molar-refractivity contribution in [2.24, 2.45) is 5.92 Å². The molecular weight excluding hydrogens is 439 g/mol. The molecule has 0 radical (unpaired) electrons. The van der Waals surface area contributed by atoms with E-state index in [2.05, 4.69) is 17.0 Å². The smallest absolute Gasteiger partial charge is 0.219 e. The van der Waals surface area contributed by atoms with Crippen molar-refractivity contribution in [2.75, 3.05) is 19.6 Å². The molecule has 0 unspecified atom stereocenters. The van der Waals surface area contributed by atoms with Crippen LogP contribution in [-0.4, -0.2) is 41.1 Å². The van der Waals surface area contributed by atoms with Gasteiger partial charge in [-0.3, -0.25) is 14.5 Å². The number of aryl methyl sites for hydroxylation is 1. The fourth-order valence-electron chi connectivity index (χ4n) is 5.00. The first kappa shape index (κ1) is 25.4. The van der Waals surface area contributed by atoms with E-state index in [0.29, 0.717) is 12.3 Å². The molecule has 0 saturated carbocycles. The Balaban J connectivity index is 0.00000306. The van der Waals surface area contributed by atoms with Crippen molar-refractivity contribution in [3.63, 3.8) is 0 Å². The molecule has 1 saturated heterocycles. The maximum absolute atomic E-state index is 13.2. The monoisotopic (exact) mass is 472 g/mol. The standard InChI is InChI=1S/C27H33FN2O2.ClH/c1-20(31)30-15-12-21(13-16-30)6-11-27(32)24-8-7-23-3-2-14-29(19-25(23)17-24)18-22-4-9-26(28)10-5-22;/h4-5,7-10,17,21H,2-3,6,11-16,18-19H2,1H3;1H.